The van der Waals surface area contributed by atoms with Crippen molar-refractivity contribution in [2.75, 3.05) is 19.4 Å². The van der Waals surface area contributed by atoms with E-state index >= 15 is 0 Å². The van der Waals surface area contributed by atoms with Crippen LogP contribution in [0.3, 0.4) is 0 Å². The molecule has 29 heavy (non-hydrogen) atoms. The molecule has 0 atom stereocenters. The van der Waals surface area contributed by atoms with Crippen molar-refractivity contribution in [2.45, 2.75) is 18.6 Å². The molecule has 0 bridgehead atoms. The van der Waals surface area contributed by atoms with Crippen molar-refractivity contribution >= 4 is 46.6 Å². The molecule has 152 valence electrons. The largest absolute Gasteiger partial charge is 0.455 e. The summed E-state index contributed by atoms with van der Waals surface area (Å²) in [5.41, 5.74) is 1.77. The van der Waals surface area contributed by atoms with Gasteiger partial charge in [-0.3, -0.25) is 14.2 Å². The summed E-state index contributed by atoms with van der Waals surface area (Å²) in [5, 5.41) is 11.1. The molecule has 0 fully saturated rings. The number of nitrogens with zero attached hydrogens (tertiary/aromatic N) is 4. The zero-order chi connectivity index (χ0) is 20.8. The average Bonchev–Trinajstić information content (AvgIpc) is 3.38. The van der Waals surface area contributed by atoms with Crippen LogP contribution in [0.1, 0.15) is 10.4 Å². The highest BCUT2D eigenvalue weighted by molar-refractivity contribution is 7.99. The quantitative estimate of drug-likeness (QED) is 0.385. The molecule has 0 N–H and O–H groups in total. The van der Waals surface area contributed by atoms with E-state index in [1.54, 1.807) is 29.3 Å². The van der Waals surface area contributed by atoms with E-state index in [0.717, 1.165) is 16.1 Å². The molecule has 0 saturated carbocycles. The van der Waals surface area contributed by atoms with E-state index in [0.29, 0.717) is 16.7 Å². The van der Waals surface area contributed by atoms with Crippen molar-refractivity contribution in [1.82, 2.24) is 19.7 Å². The number of halogens is 1. The van der Waals surface area contributed by atoms with Crippen LogP contribution in [0.15, 0.2) is 47.2 Å². The van der Waals surface area contributed by atoms with Crippen LogP contribution in [0, 0.1) is 6.92 Å². The molecular formula is C19H19ClN4O3S2. The molecule has 3 aromatic rings. The number of thiophene rings is 1. The number of benzene rings is 1. The molecular weight excluding hydrogens is 432 g/mol. The Hall–Kier alpha value is -2.36. The first-order valence-corrected chi connectivity index (χ1v) is 10.9. The van der Waals surface area contributed by atoms with Crippen LogP contribution in [0.2, 0.25) is 5.02 Å². The van der Waals surface area contributed by atoms with Gasteiger partial charge < -0.3 is 9.64 Å². The van der Waals surface area contributed by atoms with E-state index in [4.69, 9.17) is 16.3 Å². The summed E-state index contributed by atoms with van der Waals surface area (Å²) < 4.78 is 6.84. The van der Waals surface area contributed by atoms with Gasteiger partial charge in [0.1, 0.15) is 6.33 Å². The third-order valence-corrected chi connectivity index (χ3v) is 6.21. The summed E-state index contributed by atoms with van der Waals surface area (Å²) >= 11 is 8.93. The smallest absolute Gasteiger partial charge is 0.316 e. The van der Waals surface area contributed by atoms with Gasteiger partial charge in [-0.1, -0.05) is 35.5 Å². The lowest BCUT2D eigenvalue weighted by atomic mass is 10.2. The summed E-state index contributed by atoms with van der Waals surface area (Å²) in [6.45, 7) is 2.12. The summed E-state index contributed by atoms with van der Waals surface area (Å²) in [6.07, 6.45) is 1.55. The average molecular weight is 451 g/mol. The van der Waals surface area contributed by atoms with Crippen molar-refractivity contribution in [1.29, 1.82) is 0 Å². The highest BCUT2D eigenvalue weighted by atomic mass is 35.5. The van der Waals surface area contributed by atoms with Crippen LogP contribution in [0.25, 0.3) is 5.69 Å². The lowest BCUT2D eigenvalue weighted by molar-refractivity contribution is -0.149. The monoisotopic (exact) mass is 450 g/mol. The molecule has 2 aromatic heterocycles. The van der Waals surface area contributed by atoms with E-state index in [1.807, 2.05) is 42.6 Å². The number of aryl methyl sites for hydroxylation is 1. The summed E-state index contributed by atoms with van der Waals surface area (Å²) in [7, 11) is 1.68. The molecule has 3 rings (SSSR count). The number of thioether (sulfide) groups is 1. The van der Waals surface area contributed by atoms with E-state index in [9.17, 15) is 9.59 Å². The van der Waals surface area contributed by atoms with Crippen LogP contribution in [-0.2, 0) is 20.9 Å². The van der Waals surface area contributed by atoms with Crippen LogP contribution >= 0.6 is 34.7 Å². The van der Waals surface area contributed by atoms with Gasteiger partial charge >= 0.3 is 5.97 Å². The standard InChI is InChI=1S/C19H19ClN4O3S2/c1-13-5-6-14(8-16(13)20)24-12-21-22-19(24)29-11-18(26)27-10-17(25)23(2)9-15-4-3-7-28-15/h3-8,12H,9-11H2,1-2H3. The normalized spacial score (nSPS) is 10.7. The topological polar surface area (TPSA) is 77.3 Å². The number of hydrogen-bond donors (Lipinski definition) is 0. The highest BCUT2D eigenvalue weighted by Gasteiger charge is 2.15. The number of esters is 1. The first-order chi connectivity index (χ1) is 13.9. The minimum Gasteiger partial charge on any atom is -0.455 e. The molecule has 1 aromatic carbocycles. The number of amides is 1. The minimum absolute atomic E-state index is 0.0141. The van der Waals surface area contributed by atoms with Crippen molar-refractivity contribution < 1.29 is 14.3 Å². The van der Waals surface area contributed by atoms with Crippen molar-refractivity contribution in [3.63, 3.8) is 0 Å². The van der Waals surface area contributed by atoms with Gasteiger partial charge in [0.25, 0.3) is 5.91 Å². The van der Waals surface area contributed by atoms with Crippen LogP contribution in [0.4, 0.5) is 0 Å². The predicted octanol–water partition coefficient (Wildman–Crippen LogP) is 3.58. The Balaban J connectivity index is 1.49. The third-order valence-electron chi connectivity index (χ3n) is 4.02. The third kappa shape index (κ3) is 5.81. The van der Waals surface area contributed by atoms with Crippen LogP contribution < -0.4 is 0 Å². The molecule has 0 aliphatic carbocycles. The summed E-state index contributed by atoms with van der Waals surface area (Å²) in [6, 6.07) is 9.49. The maximum Gasteiger partial charge on any atom is 0.316 e. The maximum atomic E-state index is 12.1. The molecule has 10 heteroatoms. The Morgan fingerprint density at radius 3 is 2.90 bits per heavy atom. The first kappa shape index (κ1) is 21.4. The van der Waals surface area contributed by atoms with Gasteiger partial charge in [-0.15, -0.1) is 21.5 Å². The molecule has 1 amide bonds. The zero-order valence-corrected chi connectivity index (χ0v) is 18.3. The Labute approximate surface area is 181 Å². The molecule has 2 heterocycles. The Kier molecular flexibility index (Phi) is 7.29. The van der Waals surface area contributed by atoms with E-state index in [1.165, 1.54) is 16.7 Å². The number of carbonyl (C=O) groups is 2. The molecule has 0 spiro atoms. The van der Waals surface area contributed by atoms with Gasteiger partial charge in [-0.25, -0.2) is 0 Å². The molecule has 0 radical (unpaired) electrons. The zero-order valence-electron chi connectivity index (χ0n) is 15.9. The van der Waals surface area contributed by atoms with Crippen LogP contribution in [0.5, 0.6) is 0 Å². The maximum absolute atomic E-state index is 12.1. The minimum atomic E-state index is -0.496. The number of hydrogen-bond acceptors (Lipinski definition) is 7. The lowest BCUT2D eigenvalue weighted by Gasteiger charge is -2.16. The SMILES string of the molecule is Cc1ccc(-n2cnnc2SCC(=O)OCC(=O)N(C)Cc2cccs2)cc1Cl. The number of rotatable bonds is 8. The number of ether oxygens (including phenoxy) is 1. The second kappa shape index (κ2) is 9.91. The van der Waals surface area contributed by atoms with Gasteiger partial charge in [0.05, 0.1) is 18.0 Å². The van der Waals surface area contributed by atoms with Crippen LogP contribution in [-0.4, -0.2) is 50.9 Å². The molecule has 0 aliphatic rings. The number of likely N-dealkylation sites (N-methyl/N-ethyl adjacent to an activating group) is 1. The van der Waals surface area contributed by atoms with E-state index < -0.39 is 5.97 Å². The fourth-order valence-electron chi connectivity index (χ4n) is 2.37. The second-order valence-electron chi connectivity index (χ2n) is 6.20. The second-order valence-corrected chi connectivity index (χ2v) is 8.58. The van der Waals surface area contributed by atoms with Crippen molar-refractivity contribution in [3.8, 4) is 5.69 Å². The number of carbonyl (C=O) groups excluding carboxylic acids is 2. The predicted molar refractivity (Wildman–Crippen MR) is 114 cm³/mol. The van der Waals surface area contributed by atoms with Gasteiger partial charge in [0.2, 0.25) is 0 Å². The van der Waals surface area contributed by atoms with Crippen molar-refractivity contribution in [3.05, 3.63) is 57.5 Å². The Morgan fingerprint density at radius 2 is 2.17 bits per heavy atom. The fourth-order valence-corrected chi connectivity index (χ4v) is 4.03. The van der Waals surface area contributed by atoms with Gasteiger partial charge in [0.15, 0.2) is 11.8 Å². The fraction of sp³-hybridized carbons (Fsp3) is 0.263. The number of aromatic nitrogens is 3. The van der Waals surface area contributed by atoms with Gasteiger partial charge in [0, 0.05) is 16.9 Å². The Bertz CT molecular complexity index is 991. The molecule has 7 nitrogen and oxygen atoms in total. The van der Waals surface area contributed by atoms with Gasteiger partial charge in [-0.2, -0.15) is 0 Å². The van der Waals surface area contributed by atoms with E-state index in [2.05, 4.69) is 10.2 Å². The molecule has 0 unspecified atom stereocenters. The Morgan fingerprint density at radius 1 is 1.34 bits per heavy atom. The molecule has 0 saturated heterocycles. The summed E-state index contributed by atoms with van der Waals surface area (Å²) in [5.74, 6) is -0.737. The van der Waals surface area contributed by atoms with Gasteiger partial charge in [-0.05, 0) is 36.1 Å². The lowest BCUT2D eigenvalue weighted by Crippen LogP contribution is -2.30. The first-order valence-electron chi connectivity index (χ1n) is 8.65. The highest BCUT2D eigenvalue weighted by Crippen LogP contribution is 2.23. The van der Waals surface area contributed by atoms with E-state index in [-0.39, 0.29) is 18.3 Å². The van der Waals surface area contributed by atoms with Crippen molar-refractivity contribution in [2.24, 2.45) is 0 Å². The summed E-state index contributed by atoms with van der Waals surface area (Å²) in [4.78, 5) is 26.8. The molecule has 0 aliphatic heterocycles.